The van der Waals surface area contributed by atoms with Gasteiger partial charge in [-0.25, -0.2) is 4.98 Å². The highest BCUT2D eigenvalue weighted by Crippen LogP contribution is 2.07. The number of benzene rings is 1. The van der Waals surface area contributed by atoms with Crippen LogP contribution in [0.3, 0.4) is 0 Å². The van der Waals surface area contributed by atoms with Gasteiger partial charge in [-0.15, -0.1) is 0 Å². The molecule has 7 nitrogen and oxygen atoms in total. The van der Waals surface area contributed by atoms with E-state index in [0.717, 1.165) is 12.8 Å². The second-order valence-electron chi connectivity index (χ2n) is 6.68. The molecule has 0 bridgehead atoms. The second kappa shape index (κ2) is 9.12. The Morgan fingerprint density at radius 3 is 2.62 bits per heavy atom. The van der Waals surface area contributed by atoms with Gasteiger partial charge in [-0.1, -0.05) is 32.4 Å². The van der Waals surface area contributed by atoms with Crippen LogP contribution < -0.4 is 16.0 Å². The molecular weight excluding hydrogens is 334 g/mol. The lowest BCUT2D eigenvalue weighted by atomic mass is 10.0. The van der Waals surface area contributed by atoms with Crippen molar-refractivity contribution >= 4 is 22.8 Å². The zero-order chi connectivity index (χ0) is 19.1. The van der Waals surface area contributed by atoms with Crippen molar-refractivity contribution < 1.29 is 14.7 Å². The number of carbonyl (C=O) groups excluding carboxylic acids is 2. The average Bonchev–Trinajstić information content (AvgIpc) is 2.60. The van der Waals surface area contributed by atoms with Gasteiger partial charge in [-0.2, -0.15) is 0 Å². The Balaban J connectivity index is 1.77. The van der Waals surface area contributed by atoms with Crippen molar-refractivity contribution in [3.05, 3.63) is 40.9 Å². The van der Waals surface area contributed by atoms with E-state index in [4.69, 9.17) is 0 Å². The molecule has 1 amide bonds. The van der Waals surface area contributed by atoms with Gasteiger partial charge in [0.1, 0.15) is 0 Å². The first-order valence-electron chi connectivity index (χ1n) is 8.84. The quantitative estimate of drug-likeness (QED) is 0.669. The van der Waals surface area contributed by atoms with Crippen LogP contribution in [0, 0.1) is 5.92 Å². The standard InChI is InChI=1S/C19H25N3O4/c1-13(2)17(19(25)26)21-16(23)10-4-3-7-11-22-12-20-15-9-6-5-8-14(15)18(22)24/h5-6,8-9,12-13,17H,3-4,7,10-11H2,1-2H3,(H,21,23)(H,25,26)/p-1/t17-/m0/s1. The third-order valence-corrected chi connectivity index (χ3v) is 4.27. The number of fused-ring (bicyclic) bond motifs is 1. The summed E-state index contributed by atoms with van der Waals surface area (Å²) < 4.78 is 1.58. The van der Waals surface area contributed by atoms with Crippen LogP contribution >= 0.6 is 0 Å². The lowest BCUT2D eigenvalue weighted by Gasteiger charge is -2.23. The molecule has 0 saturated carbocycles. The Kier molecular flexibility index (Phi) is 6.89. The van der Waals surface area contributed by atoms with Gasteiger partial charge in [0.05, 0.1) is 29.2 Å². The summed E-state index contributed by atoms with van der Waals surface area (Å²) in [5.41, 5.74) is 0.611. The summed E-state index contributed by atoms with van der Waals surface area (Å²) in [7, 11) is 0. The van der Waals surface area contributed by atoms with Crippen LogP contribution in [0.2, 0.25) is 0 Å². The third-order valence-electron chi connectivity index (χ3n) is 4.27. The van der Waals surface area contributed by atoms with E-state index in [0.29, 0.717) is 23.9 Å². The van der Waals surface area contributed by atoms with Crippen molar-refractivity contribution in [2.24, 2.45) is 5.92 Å². The number of nitrogens with one attached hydrogen (secondary N) is 1. The summed E-state index contributed by atoms with van der Waals surface area (Å²) in [6, 6.07) is 6.25. The van der Waals surface area contributed by atoms with Gasteiger partial charge in [-0.3, -0.25) is 14.2 Å². The number of amides is 1. The molecule has 7 heteroatoms. The maximum Gasteiger partial charge on any atom is 0.261 e. The number of rotatable bonds is 9. The number of nitrogens with zero attached hydrogens (tertiary/aromatic N) is 2. The van der Waals surface area contributed by atoms with Crippen LogP contribution in [0.1, 0.15) is 39.5 Å². The molecule has 1 aromatic heterocycles. The van der Waals surface area contributed by atoms with Crippen molar-refractivity contribution in [3.63, 3.8) is 0 Å². The van der Waals surface area contributed by atoms with Gasteiger partial charge in [0, 0.05) is 13.0 Å². The molecule has 1 N–H and O–H groups in total. The topological polar surface area (TPSA) is 104 Å². The lowest BCUT2D eigenvalue weighted by Crippen LogP contribution is -2.50. The fourth-order valence-electron chi connectivity index (χ4n) is 2.75. The summed E-state index contributed by atoms with van der Waals surface area (Å²) in [5.74, 6) is -1.79. The largest absolute Gasteiger partial charge is 0.548 e. The van der Waals surface area contributed by atoms with Crippen molar-refractivity contribution in [1.82, 2.24) is 14.9 Å². The SMILES string of the molecule is CC(C)[C@H](NC(=O)CCCCCn1cnc2ccccc2c1=O)C(=O)[O-]. The number of aliphatic carboxylic acids is 1. The summed E-state index contributed by atoms with van der Waals surface area (Å²) in [6.45, 7) is 3.97. The second-order valence-corrected chi connectivity index (χ2v) is 6.68. The molecule has 1 aromatic carbocycles. The van der Waals surface area contributed by atoms with E-state index in [-0.39, 0.29) is 23.8 Å². The number of aromatic nitrogens is 2. The van der Waals surface area contributed by atoms with Crippen LogP contribution in [-0.4, -0.2) is 27.5 Å². The van der Waals surface area contributed by atoms with Crippen LogP contribution in [0.4, 0.5) is 0 Å². The van der Waals surface area contributed by atoms with E-state index in [2.05, 4.69) is 10.3 Å². The van der Waals surface area contributed by atoms with E-state index in [1.165, 1.54) is 0 Å². The van der Waals surface area contributed by atoms with Crippen molar-refractivity contribution in [1.29, 1.82) is 0 Å². The number of para-hydroxylation sites is 1. The molecule has 140 valence electrons. The summed E-state index contributed by atoms with van der Waals surface area (Å²) in [5, 5.41) is 14.1. The van der Waals surface area contributed by atoms with E-state index in [9.17, 15) is 19.5 Å². The molecule has 0 fully saturated rings. The molecule has 2 aromatic rings. The molecule has 0 aliphatic heterocycles. The van der Waals surface area contributed by atoms with Gasteiger partial charge < -0.3 is 15.2 Å². The van der Waals surface area contributed by atoms with Crippen LogP contribution in [0.5, 0.6) is 0 Å². The predicted molar refractivity (Wildman–Crippen MR) is 96.2 cm³/mol. The van der Waals surface area contributed by atoms with Crippen LogP contribution in [-0.2, 0) is 16.1 Å². The normalized spacial score (nSPS) is 12.3. The maximum absolute atomic E-state index is 12.3. The molecule has 0 saturated heterocycles. The number of carbonyl (C=O) groups is 2. The molecule has 1 atom stereocenters. The molecule has 0 spiro atoms. The van der Waals surface area contributed by atoms with Gasteiger partial charge >= 0.3 is 0 Å². The fourth-order valence-corrected chi connectivity index (χ4v) is 2.75. The number of hydrogen-bond acceptors (Lipinski definition) is 5. The van der Waals surface area contributed by atoms with Gasteiger partial charge in [-0.05, 0) is 30.9 Å². The zero-order valence-electron chi connectivity index (χ0n) is 15.1. The number of carboxylic acids is 1. The van der Waals surface area contributed by atoms with Crippen molar-refractivity contribution in [2.45, 2.75) is 52.1 Å². The first-order chi connectivity index (χ1) is 12.4. The average molecular weight is 358 g/mol. The van der Waals surface area contributed by atoms with Crippen LogP contribution in [0.25, 0.3) is 10.9 Å². The molecule has 0 aliphatic rings. The van der Waals surface area contributed by atoms with Crippen molar-refractivity contribution in [3.8, 4) is 0 Å². The van der Waals surface area contributed by atoms with Gasteiger partial charge in [0.2, 0.25) is 5.91 Å². The minimum atomic E-state index is -1.27. The highest BCUT2D eigenvalue weighted by molar-refractivity contribution is 5.82. The molecule has 1 heterocycles. The van der Waals surface area contributed by atoms with Gasteiger partial charge in [0.15, 0.2) is 0 Å². The minimum absolute atomic E-state index is 0.0675. The first kappa shape index (κ1) is 19.6. The third kappa shape index (κ3) is 5.15. The number of hydrogen-bond donors (Lipinski definition) is 1. The summed E-state index contributed by atoms with van der Waals surface area (Å²) >= 11 is 0. The Hall–Kier alpha value is -2.70. The monoisotopic (exact) mass is 358 g/mol. The number of carboxylic acid groups (broad SMARTS) is 1. The Bertz CT molecular complexity index is 829. The first-order valence-corrected chi connectivity index (χ1v) is 8.84. The van der Waals surface area contributed by atoms with E-state index >= 15 is 0 Å². The zero-order valence-corrected chi connectivity index (χ0v) is 15.1. The molecular formula is C19H24N3O4-. The fraction of sp³-hybridized carbons (Fsp3) is 0.474. The maximum atomic E-state index is 12.3. The number of aryl methyl sites for hydroxylation is 1. The molecule has 0 unspecified atom stereocenters. The molecule has 0 aliphatic carbocycles. The van der Waals surface area contributed by atoms with E-state index in [1.54, 1.807) is 36.9 Å². The lowest BCUT2D eigenvalue weighted by molar-refractivity contribution is -0.309. The van der Waals surface area contributed by atoms with E-state index < -0.39 is 12.0 Å². The molecule has 2 rings (SSSR count). The summed E-state index contributed by atoms with van der Waals surface area (Å²) in [6.07, 6.45) is 3.91. The molecule has 0 radical (unpaired) electrons. The Morgan fingerprint density at radius 1 is 1.19 bits per heavy atom. The number of unbranched alkanes of at least 4 members (excludes halogenated alkanes) is 2. The Morgan fingerprint density at radius 2 is 1.92 bits per heavy atom. The summed E-state index contributed by atoms with van der Waals surface area (Å²) in [4.78, 5) is 39.4. The predicted octanol–water partition coefficient (Wildman–Crippen LogP) is 0.848. The van der Waals surface area contributed by atoms with Crippen LogP contribution in [0.15, 0.2) is 35.4 Å². The van der Waals surface area contributed by atoms with E-state index in [1.807, 2.05) is 12.1 Å². The Labute approximate surface area is 152 Å². The highest BCUT2D eigenvalue weighted by Gasteiger charge is 2.16. The highest BCUT2D eigenvalue weighted by atomic mass is 16.4. The van der Waals surface area contributed by atoms with Crippen molar-refractivity contribution in [2.75, 3.05) is 0 Å². The smallest absolute Gasteiger partial charge is 0.261 e. The molecule has 26 heavy (non-hydrogen) atoms. The minimum Gasteiger partial charge on any atom is -0.548 e. The van der Waals surface area contributed by atoms with Gasteiger partial charge in [0.25, 0.3) is 5.56 Å².